The van der Waals surface area contributed by atoms with E-state index in [-0.39, 0.29) is 5.91 Å². The van der Waals surface area contributed by atoms with Crippen molar-refractivity contribution in [3.05, 3.63) is 49.3 Å². The van der Waals surface area contributed by atoms with E-state index in [1.54, 1.807) is 29.2 Å². The molecule has 0 aliphatic heterocycles. The highest BCUT2D eigenvalue weighted by Crippen LogP contribution is 2.18. The van der Waals surface area contributed by atoms with E-state index in [1.807, 2.05) is 18.2 Å². The topological polar surface area (TPSA) is 85.8 Å². The maximum absolute atomic E-state index is 11.9. The van der Waals surface area contributed by atoms with Crippen molar-refractivity contribution >= 4 is 11.6 Å². The Morgan fingerprint density at radius 3 is 3.00 bits per heavy atom. The molecule has 0 saturated heterocycles. The van der Waals surface area contributed by atoms with Gasteiger partial charge in [0, 0.05) is 0 Å². The summed E-state index contributed by atoms with van der Waals surface area (Å²) in [6.45, 7) is 3.57. The van der Waals surface area contributed by atoms with Gasteiger partial charge >= 0.3 is 0 Å². The number of nitrogens with one attached hydrogen (secondary N) is 1. The Morgan fingerprint density at radius 1 is 1.53 bits per heavy atom. The Kier molecular flexibility index (Phi) is 4.04. The van der Waals surface area contributed by atoms with Gasteiger partial charge in [-0.3, -0.25) is 4.79 Å². The molecule has 1 atom stereocenters. The monoisotopic (exact) mass is 257 g/mol. The highest BCUT2D eigenvalue weighted by Gasteiger charge is 2.14. The molecule has 0 bridgehead atoms. The molecule has 1 heterocycles. The Morgan fingerprint density at radius 2 is 2.32 bits per heavy atom. The second kappa shape index (κ2) is 5.92. The lowest BCUT2D eigenvalue weighted by atomic mass is 10.2. The van der Waals surface area contributed by atoms with Gasteiger partial charge in [0.1, 0.15) is 0 Å². The maximum Gasteiger partial charge on any atom is 0.241 e. The Labute approximate surface area is 110 Å². The molecule has 0 aliphatic carbocycles. The van der Waals surface area contributed by atoms with E-state index in [4.69, 9.17) is 5.73 Å². The van der Waals surface area contributed by atoms with Crippen molar-refractivity contribution in [3.8, 4) is 5.69 Å². The van der Waals surface area contributed by atoms with E-state index < -0.39 is 6.04 Å². The van der Waals surface area contributed by atoms with Crippen molar-refractivity contribution in [2.45, 2.75) is 12.5 Å². The van der Waals surface area contributed by atoms with E-state index in [1.165, 1.54) is 0 Å². The quantitative estimate of drug-likeness (QED) is 0.786. The normalized spacial score (nSPS) is 11.8. The van der Waals surface area contributed by atoms with Gasteiger partial charge < -0.3 is 11.1 Å². The summed E-state index contributed by atoms with van der Waals surface area (Å²) < 4.78 is 1.58. The van der Waals surface area contributed by atoms with Gasteiger partial charge in [0.25, 0.3) is 0 Å². The minimum Gasteiger partial charge on any atom is -0.323 e. The van der Waals surface area contributed by atoms with Crippen LogP contribution in [0.5, 0.6) is 0 Å². The molecule has 0 spiro atoms. The van der Waals surface area contributed by atoms with Crippen molar-refractivity contribution in [3.63, 3.8) is 0 Å². The Bertz CT molecular complexity index is 564. The van der Waals surface area contributed by atoms with Crippen molar-refractivity contribution < 1.29 is 4.79 Å². The van der Waals surface area contributed by atoms with Gasteiger partial charge in [0.2, 0.25) is 5.91 Å². The molecule has 0 saturated carbocycles. The van der Waals surface area contributed by atoms with Crippen LogP contribution in [0.3, 0.4) is 0 Å². The van der Waals surface area contributed by atoms with Crippen LogP contribution in [0.15, 0.2) is 49.3 Å². The first-order valence-corrected chi connectivity index (χ1v) is 5.85. The van der Waals surface area contributed by atoms with Crippen LogP contribution < -0.4 is 11.1 Å². The summed E-state index contributed by atoms with van der Waals surface area (Å²) in [5.74, 6) is -0.257. The zero-order valence-corrected chi connectivity index (χ0v) is 10.4. The average molecular weight is 257 g/mol. The van der Waals surface area contributed by atoms with Crippen LogP contribution in [0.1, 0.15) is 6.42 Å². The van der Waals surface area contributed by atoms with Crippen LogP contribution in [0.25, 0.3) is 5.69 Å². The van der Waals surface area contributed by atoms with Gasteiger partial charge in [0.05, 0.1) is 29.8 Å². The van der Waals surface area contributed by atoms with E-state index in [0.29, 0.717) is 12.1 Å². The van der Waals surface area contributed by atoms with Crippen LogP contribution in [0.4, 0.5) is 5.69 Å². The summed E-state index contributed by atoms with van der Waals surface area (Å²) in [7, 11) is 0. The van der Waals surface area contributed by atoms with Gasteiger partial charge in [-0.15, -0.1) is 11.7 Å². The number of amides is 1. The number of nitrogens with zero attached hydrogens (tertiary/aromatic N) is 3. The first-order chi connectivity index (χ1) is 9.22. The fraction of sp³-hybridized carbons (Fsp3) is 0.154. The molecule has 6 heteroatoms. The second-order valence-corrected chi connectivity index (χ2v) is 3.98. The number of rotatable bonds is 5. The number of hydrogen-bond acceptors (Lipinski definition) is 4. The standard InChI is InChI=1S/C13H15N5O/c1-2-5-10(14)13(19)16-11-6-3-4-7-12(11)18-9-8-15-17-18/h2-4,6-10H,1,5,14H2,(H,16,19). The van der Waals surface area contributed by atoms with E-state index >= 15 is 0 Å². The number of benzene rings is 1. The third-order valence-corrected chi connectivity index (χ3v) is 2.59. The molecule has 2 aromatic rings. The summed E-state index contributed by atoms with van der Waals surface area (Å²) >= 11 is 0. The molecule has 0 radical (unpaired) electrons. The van der Waals surface area contributed by atoms with Crippen LogP contribution in [0, 0.1) is 0 Å². The molecule has 19 heavy (non-hydrogen) atoms. The first kappa shape index (κ1) is 13.0. The number of anilines is 1. The highest BCUT2D eigenvalue weighted by atomic mass is 16.2. The molecule has 2 rings (SSSR count). The minimum absolute atomic E-state index is 0.257. The lowest BCUT2D eigenvalue weighted by Crippen LogP contribution is -2.35. The summed E-state index contributed by atoms with van der Waals surface area (Å²) in [4.78, 5) is 11.9. The average Bonchev–Trinajstić information content (AvgIpc) is 2.93. The van der Waals surface area contributed by atoms with Gasteiger partial charge in [-0.2, -0.15) is 0 Å². The number of hydrogen-bond donors (Lipinski definition) is 2. The van der Waals surface area contributed by atoms with Crippen LogP contribution in [0.2, 0.25) is 0 Å². The van der Waals surface area contributed by atoms with Crippen LogP contribution >= 0.6 is 0 Å². The smallest absolute Gasteiger partial charge is 0.241 e. The summed E-state index contributed by atoms with van der Waals surface area (Å²) in [6, 6.07) is 6.70. The van der Waals surface area contributed by atoms with Gasteiger partial charge in [-0.25, -0.2) is 4.68 Å². The predicted octanol–water partition coefficient (Wildman–Crippen LogP) is 1.11. The summed E-state index contributed by atoms with van der Waals surface area (Å²) in [6.07, 6.45) is 5.32. The lowest BCUT2D eigenvalue weighted by molar-refractivity contribution is -0.117. The zero-order chi connectivity index (χ0) is 13.7. The molecule has 98 valence electrons. The molecule has 0 fully saturated rings. The molecule has 1 unspecified atom stereocenters. The van der Waals surface area contributed by atoms with Crippen LogP contribution in [-0.2, 0) is 4.79 Å². The first-order valence-electron chi connectivity index (χ1n) is 5.85. The van der Waals surface area contributed by atoms with Crippen molar-refractivity contribution in [2.24, 2.45) is 5.73 Å². The number of carbonyl (C=O) groups excluding carboxylic acids is 1. The molecule has 6 nitrogen and oxygen atoms in total. The number of para-hydroxylation sites is 2. The maximum atomic E-state index is 11.9. The van der Waals surface area contributed by atoms with E-state index in [9.17, 15) is 4.79 Å². The predicted molar refractivity (Wildman–Crippen MR) is 72.8 cm³/mol. The molecular formula is C13H15N5O. The SMILES string of the molecule is C=CCC(N)C(=O)Nc1ccccc1-n1ccnn1. The van der Waals surface area contributed by atoms with Crippen molar-refractivity contribution in [2.75, 3.05) is 5.32 Å². The number of aromatic nitrogens is 3. The largest absolute Gasteiger partial charge is 0.323 e. The third-order valence-electron chi connectivity index (χ3n) is 2.59. The summed E-state index contributed by atoms with van der Waals surface area (Å²) in [5.41, 5.74) is 7.10. The fourth-order valence-corrected chi connectivity index (χ4v) is 1.63. The minimum atomic E-state index is -0.610. The van der Waals surface area contributed by atoms with E-state index in [0.717, 1.165) is 5.69 Å². The molecular weight excluding hydrogens is 242 g/mol. The number of nitrogens with two attached hydrogens (primary N) is 1. The Balaban J connectivity index is 2.21. The fourth-order valence-electron chi connectivity index (χ4n) is 1.63. The molecule has 3 N–H and O–H groups in total. The lowest BCUT2D eigenvalue weighted by Gasteiger charge is -2.13. The second-order valence-electron chi connectivity index (χ2n) is 3.98. The molecule has 1 aromatic carbocycles. The number of carbonyl (C=O) groups is 1. The summed E-state index contributed by atoms with van der Waals surface area (Å²) in [5, 5.41) is 10.4. The van der Waals surface area contributed by atoms with Gasteiger partial charge in [-0.05, 0) is 18.6 Å². The zero-order valence-electron chi connectivity index (χ0n) is 10.4. The Hall–Kier alpha value is -2.47. The highest BCUT2D eigenvalue weighted by molar-refractivity contribution is 5.96. The third kappa shape index (κ3) is 3.05. The molecule has 0 aliphatic rings. The van der Waals surface area contributed by atoms with Gasteiger partial charge in [-0.1, -0.05) is 23.4 Å². The van der Waals surface area contributed by atoms with Crippen molar-refractivity contribution in [1.82, 2.24) is 15.0 Å². The van der Waals surface area contributed by atoms with Crippen molar-refractivity contribution in [1.29, 1.82) is 0 Å². The molecule has 1 aromatic heterocycles. The van der Waals surface area contributed by atoms with E-state index in [2.05, 4.69) is 22.2 Å². The molecule has 1 amide bonds. The van der Waals surface area contributed by atoms with Crippen LogP contribution in [-0.4, -0.2) is 26.9 Å². The van der Waals surface area contributed by atoms with Gasteiger partial charge in [0.15, 0.2) is 0 Å².